The van der Waals surface area contributed by atoms with Crippen LogP contribution in [0.1, 0.15) is 24.7 Å². The zero-order valence-electron chi connectivity index (χ0n) is 17.5. The molecule has 1 aromatic carbocycles. The fourth-order valence-corrected chi connectivity index (χ4v) is 3.11. The Labute approximate surface area is 179 Å². The maximum Gasteiger partial charge on any atom is 0.387 e. The average molecular weight is 432 g/mol. The molecule has 0 saturated carbocycles. The van der Waals surface area contributed by atoms with E-state index in [2.05, 4.69) is 25.8 Å². The number of hydrogen-bond acceptors (Lipinski definition) is 5. The molecule has 10 heteroatoms. The summed E-state index contributed by atoms with van der Waals surface area (Å²) in [5.74, 6) is 1.75. The minimum Gasteiger partial charge on any atom is -0.490 e. The summed E-state index contributed by atoms with van der Waals surface area (Å²) < 4.78 is 37.8. The van der Waals surface area contributed by atoms with Crippen LogP contribution in [-0.4, -0.2) is 47.4 Å². The Bertz CT molecular complexity index is 1010. The van der Waals surface area contributed by atoms with Gasteiger partial charge < -0.3 is 20.1 Å². The molecule has 0 unspecified atom stereocenters. The summed E-state index contributed by atoms with van der Waals surface area (Å²) in [5, 5.41) is 14.7. The van der Waals surface area contributed by atoms with E-state index in [4.69, 9.17) is 9.47 Å². The highest BCUT2D eigenvalue weighted by atomic mass is 19.3. The molecule has 2 N–H and O–H groups in total. The zero-order valence-corrected chi connectivity index (χ0v) is 17.5. The van der Waals surface area contributed by atoms with Gasteiger partial charge in [-0.1, -0.05) is 18.2 Å². The van der Waals surface area contributed by atoms with Crippen LogP contribution in [0.4, 0.5) is 8.78 Å². The second-order valence-electron chi connectivity index (χ2n) is 6.56. The number of aromatic nitrogens is 3. The van der Waals surface area contributed by atoms with Gasteiger partial charge in [0.25, 0.3) is 0 Å². The van der Waals surface area contributed by atoms with Gasteiger partial charge in [-0.25, -0.2) is 0 Å². The van der Waals surface area contributed by atoms with Crippen molar-refractivity contribution in [1.82, 2.24) is 25.2 Å². The zero-order chi connectivity index (χ0) is 22.1. The van der Waals surface area contributed by atoms with Crippen molar-refractivity contribution in [2.75, 3.05) is 20.2 Å². The normalized spacial score (nSPS) is 11.7. The molecule has 2 heterocycles. The number of fused-ring (bicyclic) bond motifs is 1. The first-order valence-electron chi connectivity index (χ1n) is 10.0. The minimum atomic E-state index is -2.94. The molecule has 0 bridgehead atoms. The summed E-state index contributed by atoms with van der Waals surface area (Å²) in [4.78, 5) is 4.18. The molecule has 0 aliphatic heterocycles. The van der Waals surface area contributed by atoms with Gasteiger partial charge in [0.2, 0.25) is 0 Å². The fourth-order valence-electron chi connectivity index (χ4n) is 3.11. The van der Waals surface area contributed by atoms with Gasteiger partial charge in [-0.3, -0.25) is 9.39 Å². The lowest BCUT2D eigenvalue weighted by atomic mass is 10.2. The van der Waals surface area contributed by atoms with E-state index in [1.165, 1.54) is 0 Å². The molecular formula is C21H26F2N6O2. The Morgan fingerprint density at radius 3 is 2.81 bits per heavy atom. The largest absolute Gasteiger partial charge is 0.490 e. The number of aliphatic imine (C=N–C) groups is 1. The van der Waals surface area contributed by atoms with Crippen LogP contribution in [0.15, 0.2) is 47.6 Å². The summed E-state index contributed by atoms with van der Waals surface area (Å²) in [6.07, 6.45) is 3.50. The van der Waals surface area contributed by atoms with Crippen molar-refractivity contribution in [2.24, 2.45) is 4.99 Å². The van der Waals surface area contributed by atoms with E-state index < -0.39 is 6.61 Å². The third-order valence-electron chi connectivity index (χ3n) is 4.49. The average Bonchev–Trinajstić information content (AvgIpc) is 3.18. The smallest absolute Gasteiger partial charge is 0.387 e. The Morgan fingerprint density at radius 2 is 2.03 bits per heavy atom. The summed E-state index contributed by atoms with van der Waals surface area (Å²) in [5.41, 5.74) is 1.36. The molecule has 0 saturated heterocycles. The van der Waals surface area contributed by atoms with E-state index in [1.54, 1.807) is 32.2 Å². The molecule has 0 atom stereocenters. The molecule has 8 nitrogen and oxygen atoms in total. The highest BCUT2D eigenvalue weighted by molar-refractivity contribution is 5.79. The van der Waals surface area contributed by atoms with Crippen LogP contribution in [0.2, 0.25) is 0 Å². The second-order valence-corrected chi connectivity index (χ2v) is 6.56. The van der Waals surface area contributed by atoms with Crippen LogP contribution in [-0.2, 0) is 13.0 Å². The topological polar surface area (TPSA) is 85.1 Å². The maximum atomic E-state index is 12.9. The third kappa shape index (κ3) is 6.03. The van der Waals surface area contributed by atoms with Crippen LogP contribution in [0.25, 0.3) is 5.65 Å². The first-order valence-corrected chi connectivity index (χ1v) is 10.0. The van der Waals surface area contributed by atoms with Crippen molar-refractivity contribution in [2.45, 2.75) is 32.9 Å². The van der Waals surface area contributed by atoms with Crippen LogP contribution in [0.3, 0.4) is 0 Å². The molecule has 166 valence electrons. The highest BCUT2D eigenvalue weighted by Gasteiger charge is 2.16. The number of alkyl halides is 2. The Morgan fingerprint density at radius 1 is 1.16 bits per heavy atom. The molecule has 0 amide bonds. The number of rotatable bonds is 10. The van der Waals surface area contributed by atoms with Crippen molar-refractivity contribution in [3.63, 3.8) is 0 Å². The van der Waals surface area contributed by atoms with Gasteiger partial charge >= 0.3 is 6.61 Å². The Kier molecular flexibility index (Phi) is 7.97. The van der Waals surface area contributed by atoms with Crippen LogP contribution in [0, 0.1) is 0 Å². The van der Waals surface area contributed by atoms with Crippen LogP contribution >= 0.6 is 0 Å². The van der Waals surface area contributed by atoms with E-state index in [-0.39, 0.29) is 18.0 Å². The van der Waals surface area contributed by atoms with Crippen molar-refractivity contribution < 1.29 is 18.3 Å². The van der Waals surface area contributed by atoms with Crippen molar-refractivity contribution >= 4 is 11.6 Å². The number of benzene rings is 1. The number of guanidine groups is 1. The van der Waals surface area contributed by atoms with E-state index in [1.807, 2.05) is 28.8 Å². The lowest BCUT2D eigenvalue weighted by molar-refractivity contribution is -0.0520. The molecule has 0 aliphatic rings. The van der Waals surface area contributed by atoms with E-state index >= 15 is 0 Å². The first-order chi connectivity index (χ1) is 15.1. The Hall–Kier alpha value is -3.43. The van der Waals surface area contributed by atoms with E-state index in [0.29, 0.717) is 24.7 Å². The van der Waals surface area contributed by atoms with Crippen molar-refractivity contribution in [1.29, 1.82) is 0 Å². The molecule has 0 spiro atoms. The highest BCUT2D eigenvalue weighted by Crippen LogP contribution is 2.32. The number of halogens is 2. The van der Waals surface area contributed by atoms with Gasteiger partial charge in [-0.05, 0) is 31.5 Å². The van der Waals surface area contributed by atoms with Crippen molar-refractivity contribution in [3.05, 3.63) is 54.0 Å². The maximum absolute atomic E-state index is 12.9. The van der Waals surface area contributed by atoms with E-state index in [0.717, 1.165) is 24.3 Å². The lowest BCUT2D eigenvalue weighted by Crippen LogP contribution is -2.37. The number of nitrogens with one attached hydrogen (secondary N) is 2. The fraction of sp³-hybridized carbons (Fsp3) is 0.381. The molecule has 0 fully saturated rings. The predicted molar refractivity (Wildman–Crippen MR) is 114 cm³/mol. The third-order valence-corrected chi connectivity index (χ3v) is 4.49. The standard InChI is InChI=1S/C21H26F2N6O2/c1-3-30-16-9-6-8-15(19(16)31-20(22)23)14-26-21(24-2)25-12-7-11-18-28-27-17-10-4-5-13-29(17)18/h4-6,8-10,13,20H,3,7,11-12,14H2,1-2H3,(H2,24,25,26). The second kappa shape index (κ2) is 11.1. The molecule has 0 aliphatic carbocycles. The summed E-state index contributed by atoms with van der Waals surface area (Å²) in [6, 6.07) is 10.8. The quantitative estimate of drug-likeness (QED) is 0.291. The number of ether oxygens (including phenoxy) is 2. The van der Waals surface area contributed by atoms with Gasteiger partial charge in [-0.15, -0.1) is 10.2 Å². The van der Waals surface area contributed by atoms with Gasteiger partial charge in [0.05, 0.1) is 6.61 Å². The van der Waals surface area contributed by atoms with E-state index in [9.17, 15) is 8.78 Å². The summed E-state index contributed by atoms with van der Waals surface area (Å²) in [6.45, 7) is 0.0934. The predicted octanol–water partition coefficient (Wildman–Crippen LogP) is 3.03. The van der Waals surface area contributed by atoms with Gasteiger partial charge in [0, 0.05) is 38.3 Å². The van der Waals surface area contributed by atoms with Gasteiger partial charge in [0.15, 0.2) is 23.1 Å². The summed E-state index contributed by atoms with van der Waals surface area (Å²) >= 11 is 0. The number of pyridine rings is 1. The molecule has 0 radical (unpaired) electrons. The van der Waals surface area contributed by atoms with Gasteiger partial charge in [-0.2, -0.15) is 8.78 Å². The molecular weight excluding hydrogens is 406 g/mol. The molecule has 3 aromatic rings. The number of aryl methyl sites for hydroxylation is 1. The molecule has 3 rings (SSSR count). The van der Waals surface area contributed by atoms with Crippen LogP contribution < -0.4 is 20.1 Å². The Balaban J connectivity index is 1.53. The number of para-hydroxylation sites is 1. The lowest BCUT2D eigenvalue weighted by Gasteiger charge is -2.17. The number of nitrogens with zero attached hydrogens (tertiary/aromatic N) is 4. The summed E-state index contributed by atoms with van der Waals surface area (Å²) in [7, 11) is 1.65. The monoisotopic (exact) mass is 432 g/mol. The SMILES string of the molecule is CCOc1cccc(CNC(=NC)NCCCc2nnc3ccccn23)c1OC(F)F. The van der Waals surface area contributed by atoms with Gasteiger partial charge in [0.1, 0.15) is 5.82 Å². The number of hydrogen-bond donors (Lipinski definition) is 2. The molecule has 2 aromatic heterocycles. The van der Waals surface area contributed by atoms with Crippen molar-refractivity contribution in [3.8, 4) is 11.5 Å². The van der Waals surface area contributed by atoms with Crippen LogP contribution in [0.5, 0.6) is 11.5 Å². The minimum absolute atomic E-state index is 0.0287. The molecule has 31 heavy (non-hydrogen) atoms. The first kappa shape index (κ1) is 22.3.